The fraction of sp³-hybridized carbons (Fsp3) is 0.533. The number of hydrogen-bond acceptors (Lipinski definition) is 3. The first kappa shape index (κ1) is 15.5. The van der Waals surface area contributed by atoms with Crippen LogP contribution in [0.2, 0.25) is 0 Å². The third-order valence-corrected chi connectivity index (χ3v) is 4.84. The lowest BCUT2D eigenvalue weighted by atomic mass is 9.92. The zero-order valence-corrected chi connectivity index (χ0v) is 14.0. The van der Waals surface area contributed by atoms with Crippen LogP contribution in [0, 0.1) is 13.8 Å². The number of pyridine rings is 1. The summed E-state index contributed by atoms with van der Waals surface area (Å²) < 4.78 is 28.6. The van der Waals surface area contributed by atoms with E-state index in [2.05, 4.69) is 26.0 Å². The zero-order valence-electron chi connectivity index (χ0n) is 12.4. The molecule has 0 amide bonds. The summed E-state index contributed by atoms with van der Waals surface area (Å²) in [4.78, 5) is 16.6. The van der Waals surface area contributed by atoms with Gasteiger partial charge in [0.1, 0.15) is 5.52 Å². The Labute approximate surface area is 134 Å². The van der Waals surface area contributed by atoms with Gasteiger partial charge in [0.25, 0.3) is 0 Å². The van der Waals surface area contributed by atoms with E-state index < -0.39 is 5.92 Å². The second kappa shape index (κ2) is 5.37. The molecule has 0 saturated heterocycles. The summed E-state index contributed by atoms with van der Waals surface area (Å²) in [6.07, 6.45) is 0.389. The Balaban J connectivity index is 2.16. The van der Waals surface area contributed by atoms with Crippen molar-refractivity contribution in [1.82, 2.24) is 14.8 Å². The average Bonchev–Trinajstić information content (AvgIpc) is 2.45. The van der Waals surface area contributed by atoms with E-state index in [9.17, 15) is 13.6 Å². The molecule has 22 heavy (non-hydrogen) atoms. The number of fused-ring (bicyclic) bond motifs is 1. The van der Waals surface area contributed by atoms with Crippen LogP contribution < -0.4 is 5.43 Å². The van der Waals surface area contributed by atoms with Crippen LogP contribution in [-0.4, -0.2) is 20.7 Å². The van der Waals surface area contributed by atoms with E-state index >= 15 is 0 Å². The predicted octanol–water partition coefficient (Wildman–Crippen LogP) is 3.92. The molecule has 0 aliphatic heterocycles. The molecule has 0 bridgehead atoms. The van der Waals surface area contributed by atoms with Crippen molar-refractivity contribution in [3.05, 3.63) is 32.2 Å². The van der Waals surface area contributed by atoms with Crippen molar-refractivity contribution >= 4 is 27.0 Å². The number of hydrogen-bond donors (Lipinski definition) is 0. The van der Waals surface area contributed by atoms with Crippen molar-refractivity contribution in [2.75, 3.05) is 0 Å². The van der Waals surface area contributed by atoms with Gasteiger partial charge in [0.05, 0.1) is 11.6 Å². The summed E-state index contributed by atoms with van der Waals surface area (Å²) in [5, 5.41) is 4.28. The first-order valence-corrected chi connectivity index (χ1v) is 8.02. The maximum Gasteiger partial charge on any atom is 0.248 e. The van der Waals surface area contributed by atoms with Crippen molar-refractivity contribution in [2.24, 2.45) is 0 Å². The van der Waals surface area contributed by atoms with Gasteiger partial charge in [0.2, 0.25) is 11.4 Å². The highest BCUT2D eigenvalue weighted by atomic mass is 79.9. The van der Waals surface area contributed by atoms with Crippen molar-refractivity contribution < 1.29 is 8.78 Å². The normalized spacial score (nSPS) is 18.8. The molecular weight excluding hydrogens is 356 g/mol. The largest absolute Gasteiger partial charge is 0.284 e. The molecule has 0 atom stereocenters. The lowest BCUT2D eigenvalue weighted by Crippen LogP contribution is -2.29. The predicted molar refractivity (Wildman–Crippen MR) is 83.4 cm³/mol. The second-order valence-electron chi connectivity index (χ2n) is 5.91. The zero-order chi connectivity index (χ0) is 16.1. The molecule has 3 rings (SSSR count). The molecule has 0 unspecified atom stereocenters. The van der Waals surface area contributed by atoms with Crippen LogP contribution >= 0.6 is 15.9 Å². The molecule has 0 radical (unpaired) electrons. The maximum atomic E-state index is 13.4. The summed E-state index contributed by atoms with van der Waals surface area (Å²) in [5.41, 5.74) is 2.42. The minimum absolute atomic E-state index is 0.136. The van der Waals surface area contributed by atoms with E-state index in [4.69, 9.17) is 0 Å². The lowest BCUT2D eigenvalue weighted by molar-refractivity contribution is -0.0447. The van der Waals surface area contributed by atoms with Crippen LogP contribution in [0.3, 0.4) is 0 Å². The fourth-order valence-electron chi connectivity index (χ4n) is 2.87. The standard InChI is InChI=1S/C15H16BrF2N3O/c1-8-7-11-12(19-9(8)2)13(22)14(16)20-21(11)10-3-5-15(17,18)6-4-10/h7,10H,3-6H2,1-2H3. The number of aromatic nitrogens is 3. The molecule has 0 N–H and O–H groups in total. The number of rotatable bonds is 1. The van der Waals surface area contributed by atoms with Gasteiger partial charge in [0, 0.05) is 18.5 Å². The second-order valence-corrected chi connectivity index (χ2v) is 6.66. The number of nitrogens with zero attached hydrogens (tertiary/aromatic N) is 3. The van der Waals surface area contributed by atoms with E-state index in [0.29, 0.717) is 23.9 Å². The van der Waals surface area contributed by atoms with Gasteiger partial charge in [-0.15, -0.1) is 0 Å². The van der Waals surface area contributed by atoms with Crippen LogP contribution in [0.4, 0.5) is 8.78 Å². The molecule has 2 aromatic heterocycles. The molecule has 0 aromatic carbocycles. The highest BCUT2D eigenvalue weighted by Crippen LogP contribution is 2.39. The van der Waals surface area contributed by atoms with Crippen LogP contribution in [0.5, 0.6) is 0 Å². The maximum absolute atomic E-state index is 13.4. The molecule has 4 nitrogen and oxygen atoms in total. The van der Waals surface area contributed by atoms with Crippen LogP contribution in [0.1, 0.15) is 43.0 Å². The Morgan fingerprint density at radius 1 is 1.32 bits per heavy atom. The molecule has 7 heteroatoms. The summed E-state index contributed by atoms with van der Waals surface area (Å²) in [6, 6.07) is 1.73. The van der Waals surface area contributed by atoms with E-state index in [-0.39, 0.29) is 28.9 Å². The minimum atomic E-state index is -2.59. The van der Waals surface area contributed by atoms with Gasteiger partial charge in [0.15, 0.2) is 4.60 Å². The first-order valence-electron chi connectivity index (χ1n) is 7.22. The summed E-state index contributed by atoms with van der Waals surface area (Å²) in [6.45, 7) is 3.75. The topological polar surface area (TPSA) is 47.8 Å². The van der Waals surface area contributed by atoms with E-state index in [1.807, 2.05) is 19.9 Å². The minimum Gasteiger partial charge on any atom is -0.284 e. The Morgan fingerprint density at radius 2 is 1.95 bits per heavy atom. The molecule has 2 heterocycles. The smallest absolute Gasteiger partial charge is 0.248 e. The van der Waals surface area contributed by atoms with Gasteiger partial charge in [-0.05, 0) is 54.2 Å². The molecule has 1 aliphatic rings. The highest BCUT2D eigenvalue weighted by molar-refractivity contribution is 9.10. The fourth-order valence-corrected chi connectivity index (χ4v) is 3.23. The molecule has 2 aromatic rings. The van der Waals surface area contributed by atoms with Gasteiger partial charge >= 0.3 is 0 Å². The van der Waals surface area contributed by atoms with E-state index in [0.717, 1.165) is 11.3 Å². The van der Waals surface area contributed by atoms with Crippen LogP contribution in [-0.2, 0) is 0 Å². The van der Waals surface area contributed by atoms with Crippen molar-refractivity contribution in [3.63, 3.8) is 0 Å². The number of halogens is 3. The third kappa shape index (κ3) is 2.66. The monoisotopic (exact) mass is 371 g/mol. The van der Waals surface area contributed by atoms with Gasteiger partial charge in [-0.1, -0.05) is 0 Å². The van der Waals surface area contributed by atoms with Gasteiger partial charge in [-0.3, -0.25) is 9.48 Å². The number of alkyl halides is 2. The van der Waals surface area contributed by atoms with Gasteiger partial charge in [-0.2, -0.15) is 5.10 Å². The van der Waals surface area contributed by atoms with Crippen molar-refractivity contribution in [2.45, 2.75) is 51.5 Å². The Hall–Kier alpha value is -1.37. The van der Waals surface area contributed by atoms with E-state index in [1.54, 1.807) is 4.68 Å². The molecular formula is C15H16BrF2N3O. The van der Waals surface area contributed by atoms with Gasteiger partial charge in [-0.25, -0.2) is 13.8 Å². The molecule has 1 fully saturated rings. The van der Waals surface area contributed by atoms with Crippen molar-refractivity contribution in [3.8, 4) is 0 Å². The van der Waals surface area contributed by atoms with E-state index in [1.165, 1.54) is 0 Å². The third-order valence-electron chi connectivity index (χ3n) is 4.32. The highest BCUT2D eigenvalue weighted by Gasteiger charge is 2.36. The van der Waals surface area contributed by atoms with Crippen molar-refractivity contribution in [1.29, 1.82) is 0 Å². The Kier molecular flexibility index (Phi) is 3.79. The quantitative estimate of drug-likeness (QED) is 0.763. The SMILES string of the molecule is Cc1cc2c(nc1C)c(=O)c(Br)nn2C1CCC(F)(F)CC1. The van der Waals surface area contributed by atoms with Gasteiger partial charge < -0.3 is 0 Å². The Bertz CT molecular complexity index is 793. The summed E-state index contributed by atoms with van der Waals surface area (Å²) >= 11 is 3.17. The molecule has 118 valence electrons. The lowest BCUT2D eigenvalue weighted by Gasteiger charge is -2.30. The van der Waals surface area contributed by atoms with Crippen LogP contribution in [0.25, 0.3) is 11.0 Å². The molecule has 1 saturated carbocycles. The summed E-state index contributed by atoms with van der Waals surface area (Å²) in [7, 11) is 0. The molecule has 1 aliphatic carbocycles. The molecule has 0 spiro atoms. The average molecular weight is 372 g/mol. The summed E-state index contributed by atoms with van der Waals surface area (Å²) in [5.74, 6) is -2.59. The van der Waals surface area contributed by atoms with Crippen LogP contribution in [0.15, 0.2) is 15.5 Å². The number of aryl methyl sites for hydroxylation is 2. The Morgan fingerprint density at radius 3 is 2.59 bits per heavy atom. The first-order chi connectivity index (χ1) is 10.3.